The maximum absolute atomic E-state index is 9.07. The largest absolute Gasteiger partial charge is 0.380 e. The molecule has 3 saturated heterocycles. The van der Waals surface area contributed by atoms with Crippen LogP contribution in [0.2, 0.25) is 0 Å². The van der Waals surface area contributed by atoms with E-state index in [1.165, 1.54) is 38.5 Å². The number of ether oxygens (including phenoxy) is 1. The Kier molecular flexibility index (Phi) is 3.92. The van der Waals surface area contributed by atoms with Crippen LogP contribution in [-0.4, -0.2) is 61.0 Å². The van der Waals surface area contributed by atoms with E-state index in [9.17, 15) is 0 Å². The first kappa shape index (κ1) is 14.9. The van der Waals surface area contributed by atoms with Gasteiger partial charge in [-0.05, 0) is 25.9 Å². The zero-order chi connectivity index (χ0) is 15.7. The van der Waals surface area contributed by atoms with Crippen molar-refractivity contribution in [3.8, 4) is 6.07 Å². The Morgan fingerprint density at radius 3 is 3.04 bits per heavy atom. The predicted molar refractivity (Wildman–Crippen MR) is 86.0 cm³/mol. The third kappa shape index (κ3) is 2.79. The number of nitrogens with zero attached hydrogens (tertiary/aromatic N) is 5. The van der Waals surface area contributed by atoms with E-state index in [4.69, 9.17) is 10.00 Å². The fourth-order valence-electron chi connectivity index (χ4n) is 4.36. The van der Waals surface area contributed by atoms with Crippen molar-refractivity contribution >= 4 is 5.82 Å². The van der Waals surface area contributed by atoms with E-state index in [2.05, 4.69) is 26.1 Å². The van der Waals surface area contributed by atoms with Gasteiger partial charge in [0.1, 0.15) is 6.07 Å². The van der Waals surface area contributed by atoms with Crippen molar-refractivity contribution in [3.05, 3.63) is 17.8 Å². The van der Waals surface area contributed by atoms with Crippen molar-refractivity contribution in [2.24, 2.45) is 11.3 Å². The van der Waals surface area contributed by atoms with Gasteiger partial charge in [0.05, 0.1) is 25.0 Å². The molecule has 4 rings (SSSR count). The molecule has 0 aromatic carbocycles. The Morgan fingerprint density at radius 2 is 2.22 bits per heavy atom. The number of likely N-dealkylation sites (tertiary alicyclic amines) is 1. The summed E-state index contributed by atoms with van der Waals surface area (Å²) in [4.78, 5) is 4.91. The van der Waals surface area contributed by atoms with E-state index in [-0.39, 0.29) is 5.41 Å². The summed E-state index contributed by atoms with van der Waals surface area (Å²) >= 11 is 0. The summed E-state index contributed by atoms with van der Waals surface area (Å²) in [5.74, 6) is 1.38. The lowest BCUT2D eigenvalue weighted by Crippen LogP contribution is -2.45. The standard InChI is InChI=1S/C17H23N5O/c18-7-14-6-16(20-19-8-14)22-9-15-10-23-13-17(15,12-22)11-21-4-2-1-3-5-21/h6,8,15H,1-5,9-13H2/t15-,17+/m1/s1. The molecule has 6 heteroatoms. The van der Waals surface area contributed by atoms with Gasteiger partial charge in [0.2, 0.25) is 0 Å². The Labute approximate surface area is 137 Å². The molecule has 0 amide bonds. The number of anilines is 1. The first-order chi connectivity index (χ1) is 11.3. The fraction of sp³-hybridized carbons (Fsp3) is 0.706. The summed E-state index contributed by atoms with van der Waals surface area (Å²) in [5.41, 5.74) is 0.787. The third-order valence-corrected chi connectivity index (χ3v) is 5.60. The fourth-order valence-corrected chi connectivity index (χ4v) is 4.36. The molecule has 6 nitrogen and oxygen atoms in total. The molecule has 2 atom stereocenters. The molecule has 3 fully saturated rings. The van der Waals surface area contributed by atoms with Gasteiger partial charge in [0.15, 0.2) is 5.82 Å². The summed E-state index contributed by atoms with van der Waals surface area (Å²) in [6, 6.07) is 4.01. The van der Waals surface area contributed by atoms with Gasteiger partial charge in [-0.25, -0.2) is 0 Å². The summed E-state index contributed by atoms with van der Waals surface area (Å²) in [6.07, 6.45) is 5.53. The van der Waals surface area contributed by atoms with Crippen LogP contribution in [0.1, 0.15) is 24.8 Å². The Morgan fingerprint density at radius 1 is 1.35 bits per heavy atom. The molecule has 122 valence electrons. The van der Waals surface area contributed by atoms with Gasteiger partial charge < -0.3 is 14.5 Å². The highest BCUT2D eigenvalue weighted by molar-refractivity contribution is 5.45. The predicted octanol–water partition coefficient (Wildman–Crippen LogP) is 1.29. The normalized spacial score (nSPS) is 31.1. The molecule has 0 radical (unpaired) electrons. The molecule has 0 N–H and O–H groups in total. The Bertz CT molecular complexity index is 609. The van der Waals surface area contributed by atoms with Gasteiger partial charge in [-0.15, -0.1) is 5.10 Å². The van der Waals surface area contributed by atoms with E-state index in [1.54, 1.807) is 0 Å². The van der Waals surface area contributed by atoms with Crippen molar-refractivity contribution < 1.29 is 4.74 Å². The molecule has 1 aromatic heterocycles. The molecule has 0 bridgehead atoms. The number of hydrogen-bond acceptors (Lipinski definition) is 6. The molecule has 0 unspecified atom stereocenters. The molecule has 0 spiro atoms. The van der Waals surface area contributed by atoms with Crippen LogP contribution in [0.4, 0.5) is 5.82 Å². The minimum Gasteiger partial charge on any atom is -0.380 e. The van der Waals surface area contributed by atoms with E-state index in [0.29, 0.717) is 11.5 Å². The summed E-state index contributed by atoms with van der Waals surface area (Å²) in [6.45, 7) is 7.16. The molecule has 4 heterocycles. The Balaban J connectivity index is 1.52. The minimum absolute atomic E-state index is 0.210. The average Bonchev–Trinajstić information content (AvgIpc) is 3.12. The summed E-state index contributed by atoms with van der Waals surface area (Å²) < 4.78 is 5.84. The first-order valence-corrected chi connectivity index (χ1v) is 8.57. The highest BCUT2D eigenvalue weighted by Gasteiger charge is 2.51. The number of rotatable bonds is 3. The zero-order valence-corrected chi connectivity index (χ0v) is 13.4. The van der Waals surface area contributed by atoms with Gasteiger partial charge in [0, 0.05) is 37.0 Å². The van der Waals surface area contributed by atoms with Crippen molar-refractivity contribution in [2.45, 2.75) is 19.3 Å². The molecule has 3 aliphatic heterocycles. The number of piperidine rings is 1. The van der Waals surface area contributed by atoms with Gasteiger partial charge in [0.25, 0.3) is 0 Å². The van der Waals surface area contributed by atoms with Gasteiger partial charge in [-0.3, -0.25) is 0 Å². The monoisotopic (exact) mass is 313 g/mol. The van der Waals surface area contributed by atoms with Crippen molar-refractivity contribution in [1.82, 2.24) is 15.1 Å². The van der Waals surface area contributed by atoms with Gasteiger partial charge in [-0.1, -0.05) is 6.42 Å². The first-order valence-electron chi connectivity index (χ1n) is 8.57. The average molecular weight is 313 g/mol. The van der Waals surface area contributed by atoms with Crippen molar-refractivity contribution in [1.29, 1.82) is 5.26 Å². The van der Waals surface area contributed by atoms with Crippen LogP contribution in [0.5, 0.6) is 0 Å². The number of fused-ring (bicyclic) bond motifs is 1. The summed E-state index contributed by atoms with van der Waals surface area (Å²) in [7, 11) is 0. The molecular formula is C17H23N5O. The lowest BCUT2D eigenvalue weighted by molar-refractivity contribution is 0.104. The second-order valence-corrected chi connectivity index (χ2v) is 7.21. The van der Waals surface area contributed by atoms with E-state index in [1.807, 2.05) is 6.07 Å². The maximum atomic E-state index is 9.07. The Hall–Kier alpha value is -1.71. The highest BCUT2D eigenvalue weighted by Crippen LogP contribution is 2.43. The maximum Gasteiger partial charge on any atom is 0.152 e. The van der Waals surface area contributed by atoms with Crippen LogP contribution in [-0.2, 0) is 4.74 Å². The number of aromatic nitrogens is 2. The zero-order valence-electron chi connectivity index (χ0n) is 13.4. The van der Waals surface area contributed by atoms with E-state index in [0.717, 1.165) is 38.7 Å². The summed E-state index contributed by atoms with van der Waals surface area (Å²) in [5, 5.41) is 17.3. The van der Waals surface area contributed by atoms with Crippen LogP contribution >= 0.6 is 0 Å². The van der Waals surface area contributed by atoms with Crippen LogP contribution < -0.4 is 4.90 Å². The van der Waals surface area contributed by atoms with Crippen molar-refractivity contribution in [3.63, 3.8) is 0 Å². The van der Waals surface area contributed by atoms with Crippen LogP contribution in [0.15, 0.2) is 12.3 Å². The van der Waals surface area contributed by atoms with Gasteiger partial charge in [-0.2, -0.15) is 10.4 Å². The SMILES string of the molecule is N#Cc1cnnc(N2C[C@@H]3COC[C@]3(CN3CCCCC3)C2)c1. The van der Waals surface area contributed by atoms with Crippen LogP contribution in [0.25, 0.3) is 0 Å². The molecule has 3 aliphatic rings. The molecule has 0 saturated carbocycles. The molecule has 0 aliphatic carbocycles. The van der Waals surface area contributed by atoms with Gasteiger partial charge >= 0.3 is 0 Å². The quantitative estimate of drug-likeness (QED) is 0.838. The minimum atomic E-state index is 0.210. The third-order valence-electron chi connectivity index (χ3n) is 5.60. The topological polar surface area (TPSA) is 65.3 Å². The smallest absolute Gasteiger partial charge is 0.152 e. The number of hydrogen-bond donors (Lipinski definition) is 0. The van der Waals surface area contributed by atoms with Crippen molar-refractivity contribution in [2.75, 3.05) is 50.8 Å². The van der Waals surface area contributed by atoms with E-state index >= 15 is 0 Å². The van der Waals surface area contributed by atoms with Crippen LogP contribution in [0, 0.1) is 22.7 Å². The molecule has 23 heavy (non-hydrogen) atoms. The second-order valence-electron chi connectivity index (χ2n) is 7.21. The second kappa shape index (κ2) is 6.06. The van der Waals surface area contributed by atoms with Crippen LogP contribution in [0.3, 0.4) is 0 Å². The lowest BCUT2D eigenvalue weighted by Gasteiger charge is -2.36. The lowest BCUT2D eigenvalue weighted by atomic mass is 9.80. The molecular weight excluding hydrogens is 290 g/mol. The number of nitriles is 1. The van der Waals surface area contributed by atoms with E-state index < -0.39 is 0 Å². The highest BCUT2D eigenvalue weighted by atomic mass is 16.5. The molecule has 1 aromatic rings.